The number of piperidine rings is 1. The molecule has 1 heterocycles. The van der Waals surface area contributed by atoms with E-state index in [4.69, 9.17) is 0 Å². The molecule has 0 aliphatic carbocycles. The van der Waals surface area contributed by atoms with Crippen molar-refractivity contribution in [2.75, 3.05) is 24.2 Å². The Kier molecular flexibility index (Phi) is 3.69. The van der Waals surface area contributed by atoms with Crippen molar-refractivity contribution in [2.24, 2.45) is 0 Å². The number of benzene rings is 1. The molecule has 1 aliphatic heterocycles. The van der Waals surface area contributed by atoms with Gasteiger partial charge in [-0.1, -0.05) is 18.2 Å². The lowest BCUT2D eigenvalue weighted by Crippen LogP contribution is -2.44. The number of nitrogens with zero attached hydrogens (tertiary/aromatic N) is 1. The fourth-order valence-corrected chi connectivity index (χ4v) is 3.04. The van der Waals surface area contributed by atoms with Crippen LogP contribution >= 0.6 is 0 Å². The van der Waals surface area contributed by atoms with Crippen molar-refractivity contribution in [1.82, 2.24) is 4.72 Å². The third-order valence-corrected chi connectivity index (χ3v) is 3.76. The highest BCUT2D eigenvalue weighted by Crippen LogP contribution is 2.19. The van der Waals surface area contributed by atoms with Gasteiger partial charge in [0, 0.05) is 24.8 Å². The Labute approximate surface area is 103 Å². The normalized spacial score (nSPS) is 18.3. The molecule has 1 N–H and O–H groups in total. The molecule has 0 unspecified atom stereocenters. The van der Waals surface area contributed by atoms with E-state index < -0.39 is 10.0 Å². The number of rotatable bonds is 3. The van der Waals surface area contributed by atoms with Crippen molar-refractivity contribution in [3.05, 3.63) is 30.3 Å². The van der Waals surface area contributed by atoms with E-state index >= 15 is 0 Å². The Morgan fingerprint density at radius 1 is 1.18 bits per heavy atom. The predicted molar refractivity (Wildman–Crippen MR) is 69.7 cm³/mol. The third kappa shape index (κ3) is 3.71. The van der Waals surface area contributed by atoms with E-state index in [2.05, 4.69) is 21.8 Å². The summed E-state index contributed by atoms with van der Waals surface area (Å²) in [7, 11) is -3.07. The molecule has 1 aromatic rings. The molecule has 17 heavy (non-hydrogen) atoms. The fraction of sp³-hybridized carbons (Fsp3) is 0.500. The number of hydrogen-bond acceptors (Lipinski definition) is 3. The first-order valence-corrected chi connectivity index (χ1v) is 7.71. The second-order valence-electron chi connectivity index (χ2n) is 4.49. The SMILES string of the molecule is CS(=O)(=O)NC1CCN(c2ccccc2)CC1. The van der Waals surface area contributed by atoms with E-state index in [9.17, 15) is 8.42 Å². The maximum Gasteiger partial charge on any atom is 0.208 e. The van der Waals surface area contributed by atoms with Crippen LogP contribution in [-0.2, 0) is 10.0 Å². The van der Waals surface area contributed by atoms with Gasteiger partial charge in [-0.2, -0.15) is 0 Å². The van der Waals surface area contributed by atoms with Crippen LogP contribution in [0.25, 0.3) is 0 Å². The van der Waals surface area contributed by atoms with Crippen LogP contribution in [0.1, 0.15) is 12.8 Å². The van der Waals surface area contributed by atoms with Gasteiger partial charge >= 0.3 is 0 Å². The monoisotopic (exact) mass is 254 g/mol. The average molecular weight is 254 g/mol. The second kappa shape index (κ2) is 5.06. The zero-order valence-corrected chi connectivity index (χ0v) is 10.8. The number of nitrogens with one attached hydrogen (secondary N) is 1. The van der Waals surface area contributed by atoms with Crippen LogP contribution in [-0.4, -0.2) is 33.8 Å². The van der Waals surface area contributed by atoms with Gasteiger partial charge in [0.1, 0.15) is 0 Å². The first-order valence-electron chi connectivity index (χ1n) is 5.82. The molecular weight excluding hydrogens is 236 g/mol. The molecule has 0 radical (unpaired) electrons. The van der Waals surface area contributed by atoms with E-state index in [1.54, 1.807) is 0 Å². The number of hydrogen-bond donors (Lipinski definition) is 1. The molecule has 2 rings (SSSR count). The molecule has 1 saturated heterocycles. The fourth-order valence-electron chi connectivity index (χ4n) is 2.20. The molecule has 0 atom stereocenters. The van der Waals surface area contributed by atoms with Gasteiger partial charge in [0.25, 0.3) is 0 Å². The number of para-hydroxylation sites is 1. The van der Waals surface area contributed by atoms with Gasteiger partial charge in [-0.3, -0.25) is 0 Å². The third-order valence-electron chi connectivity index (χ3n) is 3.00. The smallest absolute Gasteiger partial charge is 0.208 e. The molecule has 1 aliphatic rings. The standard InChI is InChI=1S/C12H18N2O2S/c1-17(15,16)13-11-7-9-14(10-8-11)12-5-3-2-4-6-12/h2-6,11,13H,7-10H2,1H3. The zero-order chi connectivity index (χ0) is 12.3. The largest absolute Gasteiger partial charge is 0.371 e. The van der Waals surface area contributed by atoms with Gasteiger partial charge in [0.05, 0.1) is 6.26 Å². The molecule has 1 fully saturated rings. The summed E-state index contributed by atoms with van der Waals surface area (Å²) in [5, 5.41) is 0. The summed E-state index contributed by atoms with van der Waals surface area (Å²) in [4.78, 5) is 2.29. The molecular formula is C12H18N2O2S. The van der Waals surface area contributed by atoms with Gasteiger partial charge in [-0.25, -0.2) is 13.1 Å². The molecule has 94 valence electrons. The Bertz CT molecular complexity index is 451. The maximum absolute atomic E-state index is 11.1. The summed E-state index contributed by atoms with van der Waals surface area (Å²) in [6.07, 6.45) is 2.94. The van der Waals surface area contributed by atoms with E-state index in [1.165, 1.54) is 11.9 Å². The Hall–Kier alpha value is -1.07. The molecule has 0 bridgehead atoms. The molecule has 5 heteroatoms. The van der Waals surface area contributed by atoms with Gasteiger partial charge in [0.2, 0.25) is 10.0 Å². The van der Waals surface area contributed by atoms with Crippen molar-refractivity contribution < 1.29 is 8.42 Å². The van der Waals surface area contributed by atoms with Crippen LogP contribution in [0.15, 0.2) is 30.3 Å². The van der Waals surface area contributed by atoms with E-state index in [0.717, 1.165) is 25.9 Å². The minimum absolute atomic E-state index is 0.0879. The Morgan fingerprint density at radius 2 is 1.76 bits per heavy atom. The van der Waals surface area contributed by atoms with E-state index in [0.29, 0.717) is 0 Å². The minimum atomic E-state index is -3.07. The van der Waals surface area contributed by atoms with Crippen LogP contribution < -0.4 is 9.62 Å². The van der Waals surface area contributed by atoms with Crippen molar-refractivity contribution in [1.29, 1.82) is 0 Å². The van der Waals surface area contributed by atoms with E-state index in [-0.39, 0.29) is 6.04 Å². The summed E-state index contributed by atoms with van der Waals surface area (Å²) >= 11 is 0. The lowest BCUT2D eigenvalue weighted by atomic mass is 10.1. The molecule has 0 saturated carbocycles. The number of anilines is 1. The highest BCUT2D eigenvalue weighted by Gasteiger charge is 2.21. The van der Waals surface area contributed by atoms with Crippen molar-refractivity contribution in [3.8, 4) is 0 Å². The van der Waals surface area contributed by atoms with Gasteiger partial charge in [-0.15, -0.1) is 0 Å². The lowest BCUT2D eigenvalue weighted by molar-refractivity contribution is 0.462. The topological polar surface area (TPSA) is 49.4 Å². The summed E-state index contributed by atoms with van der Waals surface area (Å²) in [5.74, 6) is 0. The first kappa shape index (κ1) is 12.4. The van der Waals surface area contributed by atoms with Crippen LogP contribution in [0.4, 0.5) is 5.69 Å². The van der Waals surface area contributed by atoms with Crippen LogP contribution in [0, 0.1) is 0 Å². The van der Waals surface area contributed by atoms with Crippen LogP contribution in [0.3, 0.4) is 0 Å². The summed E-state index contributed by atoms with van der Waals surface area (Å²) in [5.41, 5.74) is 1.21. The van der Waals surface area contributed by atoms with Crippen molar-refractivity contribution >= 4 is 15.7 Å². The quantitative estimate of drug-likeness (QED) is 0.882. The lowest BCUT2D eigenvalue weighted by Gasteiger charge is -2.33. The highest BCUT2D eigenvalue weighted by atomic mass is 32.2. The van der Waals surface area contributed by atoms with Crippen molar-refractivity contribution in [2.45, 2.75) is 18.9 Å². The number of sulfonamides is 1. The Morgan fingerprint density at radius 3 is 2.29 bits per heavy atom. The van der Waals surface area contributed by atoms with Crippen LogP contribution in [0.2, 0.25) is 0 Å². The van der Waals surface area contributed by atoms with Gasteiger partial charge < -0.3 is 4.90 Å². The molecule has 0 aromatic heterocycles. The molecule has 0 amide bonds. The maximum atomic E-state index is 11.1. The Balaban J connectivity index is 1.91. The van der Waals surface area contributed by atoms with Crippen LogP contribution in [0.5, 0.6) is 0 Å². The zero-order valence-electron chi connectivity index (χ0n) is 9.96. The molecule has 4 nitrogen and oxygen atoms in total. The van der Waals surface area contributed by atoms with Gasteiger partial charge in [0.15, 0.2) is 0 Å². The van der Waals surface area contributed by atoms with Crippen molar-refractivity contribution in [3.63, 3.8) is 0 Å². The summed E-state index contributed by atoms with van der Waals surface area (Å²) < 4.78 is 24.9. The first-order chi connectivity index (χ1) is 8.04. The second-order valence-corrected chi connectivity index (χ2v) is 6.27. The minimum Gasteiger partial charge on any atom is -0.371 e. The predicted octanol–water partition coefficient (Wildman–Crippen LogP) is 1.20. The summed E-state index contributed by atoms with van der Waals surface area (Å²) in [6, 6.07) is 10.3. The summed E-state index contributed by atoms with van der Waals surface area (Å²) in [6.45, 7) is 1.80. The molecule has 0 spiro atoms. The molecule has 1 aromatic carbocycles. The highest BCUT2D eigenvalue weighted by molar-refractivity contribution is 7.88. The van der Waals surface area contributed by atoms with E-state index in [1.807, 2.05) is 18.2 Å². The average Bonchev–Trinajstić information content (AvgIpc) is 2.29. The van der Waals surface area contributed by atoms with Gasteiger partial charge in [-0.05, 0) is 25.0 Å².